The van der Waals surface area contributed by atoms with Crippen LogP contribution in [0.3, 0.4) is 0 Å². The van der Waals surface area contributed by atoms with Crippen LogP contribution in [0, 0.1) is 0 Å². The Bertz CT molecular complexity index is 1230. The molecule has 2 aliphatic rings. The van der Waals surface area contributed by atoms with E-state index in [2.05, 4.69) is 20.9 Å². The van der Waals surface area contributed by atoms with Crippen molar-refractivity contribution in [2.75, 3.05) is 39.6 Å². The number of nitrogens with one attached hydrogen (secondary N) is 1. The molecule has 0 radical (unpaired) electrons. The van der Waals surface area contributed by atoms with Crippen LogP contribution < -0.4 is 11.1 Å². The Labute approximate surface area is 205 Å². The third-order valence-corrected chi connectivity index (χ3v) is 6.98. The molecule has 0 bridgehead atoms. The van der Waals surface area contributed by atoms with Gasteiger partial charge in [0.15, 0.2) is 0 Å². The highest BCUT2D eigenvalue weighted by Gasteiger charge is 2.50. The van der Waals surface area contributed by atoms with Crippen molar-refractivity contribution in [2.24, 2.45) is 0 Å². The standard InChI is InChI=1S/C27H31N5O3/c1-30(2)26(34)21-7-3-20(4-8-21)16-31-13-14-32-23(11-12-24(32)27(31)17-35-18-27)25(33)29-15-19-5-9-22(28)10-6-19/h3-12H,13-18,28H2,1-2H3,(H,29,33). The van der Waals surface area contributed by atoms with Gasteiger partial charge in [-0.05, 0) is 47.5 Å². The van der Waals surface area contributed by atoms with Crippen LogP contribution in [0.4, 0.5) is 5.69 Å². The van der Waals surface area contributed by atoms with Gasteiger partial charge in [-0.15, -0.1) is 0 Å². The molecule has 2 aromatic carbocycles. The average molecular weight is 474 g/mol. The summed E-state index contributed by atoms with van der Waals surface area (Å²) in [5.41, 5.74) is 10.8. The molecule has 0 unspecified atom stereocenters. The number of amides is 2. The number of nitrogens with zero attached hydrogens (tertiary/aromatic N) is 3. The SMILES string of the molecule is CN(C)C(=O)c1ccc(CN2CCn3c(C(=O)NCc4ccc(N)cc4)ccc3C23COC3)cc1. The molecule has 5 rings (SSSR count). The minimum absolute atomic E-state index is 0.00147. The van der Waals surface area contributed by atoms with Crippen LogP contribution in [0.25, 0.3) is 0 Å². The van der Waals surface area contributed by atoms with Gasteiger partial charge in [0.25, 0.3) is 11.8 Å². The Hall–Kier alpha value is -3.62. The molecule has 0 saturated carbocycles. The summed E-state index contributed by atoms with van der Waals surface area (Å²) >= 11 is 0. The number of rotatable bonds is 6. The lowest BCUT2D eigenvalue weighted by atomic mass is 9.88. The number of hydrogen-bond donors (Lipinski definition) is 2. The lowest BCUT2D eigenvalue weighted by molar-refractivity contribution is -0.162. The number of carbonyl (C=O) groups excluding carboxylic acids is 2. The molecule has 8 heteroatoms. The number of nitrogen functional groups attached to an aromatic ring is 1. The van der Waals surface area contributed by atoms with E-state index in [1.54, 1.807) is 19.0 Å². The Morgan fingerprint density at radius 1 is 0.971 bits per heavy atom. The van der Waals surface area contributed by atoms with E-state index in [-0.39, 0.29) is 17.4 Å². The quantitative estimate of drug-likeness (QED) is 0.537. The van der Waals surface area contributed by atoms with Gasteiger partial charge in [0.1, 0.15) is 11.2 Å². The van der Waals surface area contributed by atoms with Crippen molar-refractivity contribution >= 4 is 17.5 Å². The van der Waals surface area contributed by atoms with E-state index in [0.717, 1.165) is 36.5 Å². The molecule has 3 N–H and O–H groups in total. The molecule has 3 aromatic rings. The maximum absolute atomic E-state index is 13.0. The molecular formula is C27H31N5O3. The van der Waals surface area contributed by atoms with Gasteiger partial charge in [-0.25, -0.2) is 0 Å². The van der Waals surface area contributed by atoms with Crippen molar-refractivity contribution in [2.45, 2.75) is 25.2 Å². The average Bonchev–Trinajstić information content (AvgIpc) is 3.27. The number of fused-ring (bicyclic) bond motifs is 2. The molecule has 182 valence electrons. The number of carbonyl (C=O) groups is 2. The first-order valence-corrected chi connectivity index (χ1v) is 11.8. The summed E-state index contributed by atoms with van der Waals surface area (Å²) in [6.45, 7) is 3.94. The van der Waals surface area contributed by atoms with Crippen molar-refractivity contribution in [3.63, 3.8) is 0 Å². The summed E-state index contributed by atoms with van der Waals surface area (Å²) < 4.78 is 7.82. The maximum Gasteiger partial charge on any atom is 0.268 e. The fraction of sp³-hybridized carbons (Fsp3) is 0.333. The van der Waals surface area contributed by atoms with Crippen molar-refractivity contribution in [3.05, 3.63) is 88.7 Å². The molecule has 1 spiro atoms. The van der Waals surface area contributed by atoms with Crippen LogP contribution in [0.5, 0.6) is 0 Å². The van der Waals surface area contributed by atoms with Crippen LogP contribution in [-0.2, 0) is 29.9 Å². The Morgan fingerprint density at radius 3 is 2.29 bits per heavy atom. The first-order chi connectivity index (χ1) is 16.9. The number of nitrogens with two attached hydrogens (primary N) is 1. The molecule has 2 amide bonds. The molecule has 2 aliphatic heterocycles. The van der Waals surface area contributed by atoms with E-state index >= 15 is 0 Å². The zero-order valence-corrected chi connectivity index (χ0v) is 20.2. The lowest BCUT2D eigenvalue weighted by Crippen LogP contribution is -2.63. The summed E-state index contributed by atoms with van der Waals surface area (Å²) in [5, 5.41) is 3.03. The Balaban J connectivity index is 1.31. The molecule has 0 aliphatic carbocycles. The largest absolute Gasteiger partial charge is 0.399 e. The minimum Gasteiger partial charge on any atom is -0.399 e. The minimum atomic E-state index is -0.244. The first kappa shape index (κ1) is 23.1. The third-order valence-electron chi connectivity index (χ3n) is 6.98. The number of hydrogen-bond acceptors (Lipinski definition) is 5. The molecule has 3 heterocycles. The van der Waals surface area contributed by atoms with E-state index in [1.807, 2.05) is 54.6 Å². The summed E-state index contributed by atoms with van der Waals surface area (Å²) in [4.78, 5) is 29.2. The highest BCUT2D eigenvalue weighted by Crippen LogP contribution is 2.40. The van der Waals surface area contributed by atoms with Gasteiger partial charge in [0, 0.05) is 57.2 Å². The monoisotopic (exact) mass is 473 g/mol. The molecule has 1 fully saturated rings. The number of benzene rings is 2. The number of ether oxygens (including phenoxy) is 1. The van der Waals surface area contributed by atoms with E-state index in [9.17, 15) is 9.59 Å². The van der Waals surface area contributed by atoms with Gasteiger partial charge >= 0.3 is 0 Å². The summed E-state index contributed by atoms with van der Waals surface area (Å²) in [5.74, 6) is -0.0866. The zero-order chi connectivity index (χ0) is 24.6. The first-order valence-electron chi connectivity index (χ1n) is 11.8. The Kier molecular flexibility index (Phi) is 6.08. The summed E-state index contributed by atoms with van der Waals surface area (Å²) in [7, 11) is 3.51. The third kappa shape index (κ3) is 4.31. The highest BCUT2D eigenvalue weighted by molar-refractivity contribution is 5.94. The van der Waals surface area contributed by atoms with E-state index < -0.39 is 0 Å². The second kappa shape index (κ2) is 9.20. The number of anilines is 1. The van der Waals surface area contributed by atoms with Crippen molar-refractivity contribution < 1.29 is 14.3 Å². The summed E-state index contributed by atoms with van der Waals surface area (Å²) in [6, 6.07) is 19.3. The van der Waals surface area contributed by atoms with Gasteiger partial charge < -0.3 is 25.3 Å². The topological polar surface area (TPSA) is 92.8 Å². The molecular weight excluding hydrogens is 442 g/mol. The number of aromatic nitrogens is 1. The molecule has 0 atom stereocenters. The predicted octanol–water partition coefficient (Wildman–Crippen LogP) is 2.44. The van der Waals surface area contributed by atoms with Gasteiger partial charge in [0.2, 0.25) is 0 Å². The summed E-state index contributed by atoms with van der Waals surface area (Å²) in [6.07, 6.45) is 0. The van der Waals surface area contributed by atoms with Crippen molar-refractivity contribution in [1.29, 1.82) is 0 Å². The lowest BCUT2D eigenvalue weighted by Gasteiger charge is -2.53. The zero-order valence-electron chi connectivity index (χ0n) is 20.2. The predicted molar refractivity (Wildman–Crippen MR) is 134 cm³/mol. The van der Waals surface area contributed by atoms with E-state index in [4.69, 9.17) is 10.5 Å². The molecule has 8 nitrogen and oxygen atoms in total. The van der Waals surface area contributed by atoms with Crippen LogP contribution >= 0.6 is 0 Å². The van der Waals surface area contributed by atoms with Crippen LogP contribution in [0.2, 0.25) is 0 Å². The van der Waals surface area contributed by atoms with Crippen LogP contribution in [0.1, 0.15) is 37.7 Å². The smallest absolute Gasteiger partial charge is 0.268 e. The molecule has 1 saturated heterocycles. The second-order valence-corrected chi connectivity index (χ2v) is 9.52. The van der Waals surface area contributed by atoms with Crippen LogP contribution in [-0.4, -0.2) is 60.0 Å². The second-order valence-electron chi connectivity index (χ2n) is 9.52. The van der Waals surface area contributed by atoms with Crippen molar-refractivity contribution in [3.8, 4) is 0 Å². The fourth-order valence-corrected chi connectivity index (χ4v) is 4.91. The van der Waals surface area contributed by atoms with Gasteiger partial charge in [0.05, 0.1) is 13.2 Å². The fourth-order valence-electron chi connectivity index (χ4n) is 4.91. The van der Waals surface area contributed by atoms with E-state index in [0.29, 0.717) is 36.7 Å². The molecule has 35 heavy (non-hydrogen) atoms. The van der Waals surface area contributed by atoms with Gasteiger partial charge in [-0.1, -0.05) is 24.3 Å². The normalized spacial score (nSPS) is 16.4. The van der Waals surface area contributed by atoms with Crippen LogP contribution in [0.15, 0.2) is 60.7 Å². The van der Waals surface area contributed by atoms with E-state index in [1.165, 1.54) is 0 Å². The van der Waals surface area contributed by atoms with Crippen molar-refractivity contribution in [1.82, 2.24) is 19.7 Å². The highest BCUT2D eigenvalue weighted by atomic mass is 16.5. The van der Waals surface area contributed by atoms with Gasteiger partial charge in [-0.2, -0.15) is 0 Å². The maximum atomic E-state index is 13.0. The Morgan fingerprint density at radius 2 is 1.66 bits per heavy atom. The van der Waals surface area contributed by atoms with Gasteiger partial charge in [-0.3, -0.25) is 14.5 Å². The molecule has 1 aromatic heterocycles.